The molecule has 29 heavy (non-hydrogen) atoms. The van der Waals surface area contributed by atoms with E-state index in [-0.39, 0.29) is 5.75 Å². The SMILES string of the molecule is CC(C)c1ccc(CN2CC3C(CCc4cccc(OC(F)(F)F)c4)C3C2)cc1. The Bertz CT molecular complexity index is 819. The molecule has 1 aliphatic carbocycles. The van der Waals surface area contributed by atoms with Gasteiger partial charge in [-0.05, 0) is 65.3 Å². The smallest absolute Gasteiger partial charge is 0.406 e. The molecule has 0 N–H and O–H groups in total. The van der Waals surface area contributed by atoms with Gasteiger partial charge in [0.15, 0.2) is 0 Å². The van der Waals surface area contributed by atoms with E-state index in [4.69, 9.17) is 0 Å². The summed E-state index contributed by atoms with van der Waals surface area (Å²) in [5.41, 5.74) is 3.66. The Balaban J connectivity index is 1.22. The van der Waals surface area contributed by atoms with E-state index < -0.39 is 6.36 Å². The Morgan fingerprint density at radius 3 is 2.31 bits per heavy atom. The second kappa shape index (κ2) is 8.02. The van der Waals surface area contributed by atoms with Crippen LogP contribution in [0.1, 0.15) is 42.9 Å². The van der Waals surface area contributed by atoms with Gasteiger partial charge in [0.1, 0.15) is 5.75 Å². The Hall–Kier alpha value is -2.01. The molecule has 2 unspecified atom stereocenters. The Labute approximate surface area is 170 Å². The third-order valence-electron chi connectivity index (χ3n) is 6.40. The van der Waals surface area contributed by atoms with Crippen molar-refractivity contribution >= 4 is 0 Å². The zero-order valence-electron chi connectivity index (χ0n) is 17.0. The van der Waals surface area contributed by atoms with Gasteiger partial charge in [0.2, 0.25) is 0 Å². The largest absolute Gasteiger partial charge is 0.573 e. The molecule has 1 saturated carbocycles. The monoisotopic (exact) mass is 403 g/mol. The highest BCUT2D eigenvalue weighted by molar-refractivity contribution is 5.29. The lowest BCUT2D eigenvalue weighted by molar-refractivity contribution is -0.274. The number of fused-ring (bicyclic) bond motifs is 1. The van der Waals surface area contributed by atoms with Crippen LogP contribution in [0.4, 0.5) is 13.2 Å². The molecular formula is C24H28F3NO. The third kappa shape index (κ3) is 5.13. The van der Waals surface area contributed by atoms with Crippen LogP contribution in [-0.2, 0) is 13.0 Å². The number of piperidine rings is 1. The molecule has 0 radical (unpaired) electrons. The number of hydrogen-bond donors (Lipinski definition) is 0. The summed E-state index contributed by atoms with van der Waals surface area (Å²) in [5, 5.41) is 0. The second-order valence-electron chi connectivity index (χ2n) is 8.82. The average Bonchev–Trinajstić information content (AvgIpc) is 3.10. The fourth-order valence-corrected chi connectivity index (χ4v) is 4.79. The molecule has 2 fully saturated rings. The van der Waals surface area contributed by atoms with Crippen LogP contribution in [0, 0.1) is 17.8 Å². The van der Waals surface area contributed by atoms with Gasteiger partial charge < -0.3 is 4.74 Å². The van der Waals surface area contributed by atoms with Crippen molar-refractivity contribution in [1.29, 1.82) is 0 Å². The summed E-state index contributed by atoms with van der Waals surface area (Å²) in [5.74, 6) is 2.64. The zero-order valence-corrected chi connectivity index (χ0v) is 17.0. The number of nitrogens with zero attached hydrogens (tertiary/aromatic N) is 1. The molecule has 1 aliphatic heterocycles. The molecule has 0 aromatic heterocycles. The van der Waals surface area contributed by atoms with Crippen LogP contribution in [0.15, 0.2) is 48.5 Å². The summed E-state index contributed by atoms with van der Waals surface area (Å²) in [6.45, 7) is 7.71. The molecule has 2 atom stereocenters. The highest BCUT2D eigenvalue weighted by Crippen LogP contribution is 2.54. The minimum Gasteiger partial charge on any atom is -0.406 e. The van der Waals surface area contributed by atoms with Crippen molar-refractivity contribution in [3.05, 3.63) is 65.2 Å². The lowest BCUT2D eigenvalue weighted by Crippen LogP contribution is -2.24. The minimum absolute atomic E-state index is 0.124. The highest BCUT2D eigenvalue weighted by Gasteiger charge is 2.54. The summed E-state index contributed by atoms with van der Waals surface area (Å²) in [7, 11) is 0. The maximum atomic E-state index is 12.4. The summed E-state index contributed by atoms with van der Waals surface area (Å²) in [4.78, 5) is 2.54. The molecule has 156 valence electrons. The van der Waals surface area contributed by atoms with E-state index in [2.05, 4.69) is 47.7 Å². The maximum Gasteiger partial charge on any atom is 0.573 e. The number of ether oxygens (including phenoxy) is 1. The molecule has 2 aromatic carbocycles. The predicted molar refractivity (Wildman–Crippen MR) is 108 cm³/mol. The molecule has 5 heteroatoms. The van der Waals surface area contributed by atoms with Gasteiger partial charge in [-0.15, -0.1) is 13.2 Å². The Kier molecular flexibility index (Phi) is 5.60. The second-order valence-corrected chi connectivity index (χ2v) is 8.82. The van der Waals surface area contributed by atoms with E-state index >= 15 is 0 Å². The molecular weight excluding hydrogens is 375 g/mol. The van der Waals surface area contributed by atoms with Crippen LogP contribution in [-0.4, -0.2) is 24.4 Å². The lowest BCUT2D eigenvalue weighted by atomic mass is 10.0. The van der Waals surface area contributed by atoms with Crippen molar-refractivity contribution in [2.45, 2.75) is 45.5 Å². The number of hydrogen-bond acceptors (Lipinski definition) is 2. The van der Waals surface area contributed by atoms with E-state index in [0.717, 1.165) is 49.9 Å². The summed E-state index contributed by atoms with van der Waals surface area (Å²) < 4.78 is 41.1. The van der Waals surface area contributed by atoms with Crippen LogP contribution in [0.5, 0.6) is 5.75 Å². The van der Waals surface area contributed by atoms with Crippen LogP contribution in [0.3, 0.4) is 0 Å². The van der Waals surface area contributed by atoms with Crippen LogP contribution in [0.2, 0.25) is 0 Å². The number of likely N-dealkylation sites (tertiary alicyclic amines) is 1. The normalized spacial score (nSPS) is 24.0. The Morgan fingerprint density at radius 2 is 1.69 bits per heavy atom. The molecule has 1 heterocycles. The summed E-state index contributed by atoms with van der Waals surface area (Å²) in [6, 6.07) is 15.3. The fraction of sp³-hybridized carbons (Fsp3) is 0.500. The number of rotatable bonds is 7. The van der Waals surface area contributed by atoms with Crippen molar-refractivity contribution in [2.75, 3.05) is 13.1 Å². The topological polar surface area (TPSA) is 12.5 Å². The highest BCUT2D eigenvalue weighted by atomic mass is 19.4. The molecule has 0 spiro atoms. The first-order valence-electron chi connectivity index (χ1n) is 10.4. The molecule has 1 saturated heterocycles. The first kappa shape index (κ1) is 20.3. The van der Waals surface area contributed by atoms with Crippen LogP contribution in [0.25, 0.3) is 0 Å². The van der Waals surface area contributed by atoms with Gasteiger partial charge in [-0.2, -0.15) is 0 Å². The van der Waals surface area contributed by atoms with Crippen LogP contribution >= 0.6 is 0 Å². The molecule has 0 bridgehead atoms. The summed E-state index contributed by atoms with van der Waals surface area (Å²) in [6.07, 6.45) is -2.78. The number of benzene rings is 2. The van der Waals surface area contributed by atoms with Crippen LogP contribution < -0.4 is 4.74 Å². The van der Waals surface area contributed by atoms with Crippen molar-refractivity contribution < 1.29 is 17.9 Å². The molecule has 0 amide bonds. The van der Waals surface area contributed by atoms with Crippen molar-refractivity contribution in [3.63, 3.8) is 0 Å². The molecule has 2 aliphatic rings. The van der Waals surface area contributed by atoms with E-state index in [1.807, 2.05) is 6.07 Å². The number of halogens is 3. The standard InChI is InChI=1S/C24H28F3NO/c1-16(2)19-9-6-18(7-10-19)13-28-14-22-21(23(22)15-28)11-8-17-4-3-5-20(12-17)29-24(25,26)27/h3-7,9-10,12,16,21-23H,8,11,13-15H2,1-2H3. The van der Waals surface area contributed by atoms with Gasteiger partial charge in [0.05, 0.1) is 0 Å². The molecule has 2 nitrogen and oxygen atoms in total. The lowest BCUT2D eigenvalue weighted by Gasteiger charge is -2.20. The Morgan fingerprint density at radius 1 is 1.00 bits per heavy atom. The first-order chi connectivity index (χ1) is 13.8. The third-order valence-corrected chi connectivity index (χ3v) is 6.40. The number of alkyl halides is 3. The van der Waals surface area contributed by atoms with Crippen molar-refractivity contribution in [2.24, 2.45) is 17.8 Å². The zero-order chi connectivity index (χ0) is 20.6. The van der Waals surface area contributed by atoms with Gasteiger partial charge >= 0.3 is 6.36 Å². The van der Waals surface area contributed by atoms with E-state index in [0.29, 0.717) is 11.8 Å². The first-order valence-corrected chi connectivity index (χ1v) is 10.4. The predicted octanol–water partition coefficient (Wildman–Crippen LogP) is 6.02. The van der Waals surface area contributed by atoms with E-state index in [1.54, 1.807) is 6.07 Å². The van der Waals surface area contributed by atoms with Gasteiger partial charge in [0, 0.05) is 19.6 Å². The fourth-order valence-electron chi connectivity index (χ4n) is 4.79. The van der Waals surface area contributed by atoms with Crippen molar-refractivity contribution in [1.82, 2.24) is 4.90 Å². The van der Waals surface area contributed by atoms with Gasteiger partial charge in [-0.3, -0.25) is 4.90 Å². The van der Waals surface area contributed by atoms with Gasteiger partial charge in [-0.25, -0.2) is 0 Å². The average molecular weight is 403 g/mol. The van der Waals surface area contributed by atoms with Gasteiger partial charge in [-0.1, -0.05) is 50.2 Å². The van der Waals surface area contributed by atoms with E-state index in [1.165, 1.54) is 23.3 Å². The molecule has 2 aromatic rings. The minimum atomic E-state index is -4.63. The van der Waals surface area contributed by atoms with E-state index in [9.17, 15) is 13.2 Å². The van der Waals surface area contributed by atoms with Crippen molar-refractivity contribution in [3.8, 4) is 5.75 Å². The number of aryl methyl sites for hydroxylation is 1. The quantitative estimate of drug-likeness (QED) is 0.561. The van der Waals surface area contributed by atoms with Gasteiger partial charge in [0.25, 0.3) is 0 Å². The molecule has 4 rings (SSSR count). The maximum absolute atomic E-state index is 12.4. The summed E-state index contributed by atoms with van der Waals surface area (Å²) >= 11 is 0.